The maximum atomic E-state index is 13.8. The van der Waals surface area contributed by atoms with Crippen molar-refractivity contribution in [1.29, 1.82) is 0 Å². The summed E-state index contributed by atoms with van der Waals surface area (Å²) in [6.07, 6.45) is 2.95. The standard InChI is InChI=1S/C27H18FN3O4S/c28-18-8-5-16(6-9-18)25-21-11-7-15-3-1-2-4-20(15)24(21)29-27-30(25)26(33)23(36-27)14-17-13-19(31(34)35)10-12-22(17)32/h1-6,8-10,12-14,25,32H,7,11H2/b23-14+/t25-/m0/s1. The number of phenols is 1. The number of nitro groups is 1. The molecule has 0 spiro atoms. The number of non-ortho nitro benzene ring substituents is 1. The first-order valence-electron chi connectivity index (χ1n) is 11.3. The van der Waals surface area contributed by atoms with Gasteiger partial charge in [-0.25, -0.2) is 9.38 Å². The van der Waals surface area contributed by atoms with E-state index in [-0.39, 0.29) is 32.9 Å². The largest absolute Gasteiger partial charge is 0.507 e. The third kappa shape index (κ3) is 3.56. The summed E-state index contributed by atoms with van der Waals surface area (Å²) in [6, 6.07) is 17.4. The molecule has 6 rings (SSSR count). The Bertz CT molecular complexity index is 1770. The van der Waals surface area contributed by atoms with Crippen molar-refractivity contribution in [2.45, 2.75) is 18.9 Å². The number of nitrogens with zero attached hydrogens (tertiary/aromatic N) is 3. The van der Waals surface area contributed by atoms with Crippen LogP contribution in [0.25, 0.3) is 11.8 Å². The lowest BCUT2D eigenvalue weighted by Gasteiger charge is -2.30. The molecule has 0 radical (unpaired) electrons. The van der Waals surface area contributed by atoms with Crippen LogP contribution in [0.2, 0.25) is 0 Å². The summed E-state index contributed by atoms with van der Waals surface area (Å²) in [5.74, 6) is -0.537. The number of hydrogen-bond donors (Lipinski definition) is 1. The van der Waals surface area contributed by atoms with Crippen LogP contribution in [0.4, 0.5) is 10.1 Å². The van der Waals surface area contributed by atoms with Crippen molar-refractivity contribution in [3.05, 3.63) is 130 Å². The second-order valence-electron chi connectivity index (χ2n) is 8.67. The van der Waals surface area contributed by atoms with Crippen molar-refractivity contribution in [1.82, 2.24) is 4.57 Å². The minimum atomic E-state index is -0.557. The highest BCUT2D eigenvalue weighted by Crippen LogP contribution is 2.41. The molecule has 2 aliphatic rings. The third-order valence-electron chi connectivity index (χ3n) is 6.57. The SMILES string of the molecule is O=c1/c(=C\c2cc([N+](=O)[O-])ccc2O)sc2n1[C@@H](c1ccc(F)cc1)C1=C(N=2)c2ccccc2CC1. The van der Waals surface area contributed by atoms with Gasteiger partial charge in [0.15, 0.2) is 4.80 Å². The van der Waals surface area contributed by atoms with E-state index in [0.29, 0.717) is 11.2 Å². The molecular weight excluding hydrogens is 481 g/mol. The smallest absolute Gasteiger partial charge is 0.271 e. The van der Waals surface area contributed by atoms with E-state index < -0.39 is 11.0 Å². The Labute approximate surface area is 207 Å². The molecule has 0 amide bonds. The lowest BCUT2D eigenvalue weighted by Crippen LogP contribution is -2.38. The molecule has 9 heteroatoms. The van der Waals surface area contributed by atoms with Crippen LogP contribution in [0, 0.1) is 15.9 Å². The van der Waals surface area contributed by atoms with E-state index in [1.54, 1.807) is 16.7 Å². The van der Waals surface area contributed by atoms with Gasteiger partial charge in [0, 0.05) is 23.3 Å². The Hall–Kier alpha value is -4.37. The maximum Gasteiger partial charge on any atom is 0.271 e. The number of aromatic nitrogens is 1. The van der Waals surface area contributed by atoms with Crippen molar-refractivity contribution in [3.63, 3.8) is 0 Å². The van der Waals surface area contributed by atoms with Crippen LogP contribution in [0.3, 0.4) is 0 Å². The topological polar surface area (TPSA) is 97.7 Å². The van der Waals surface area contributed by atoms with Crippen LogP contribution < -0.4 is 14.9 Å². The van der Waals surface area contributed by atoms with Gasteiger partial charge in [-0.2, -0.15) is 0 Å². The van der Waals surface area contributed by atoms with Crippen molar-refractivity contribution < 1.29 is 14.4 Å². The van der Waals surface area contributed by atoms with E-state index in [4.69, 9.17) is 4.99 Å². The van der Waals surface area contributed by atoms with E-state index in [2.05, 4.69) is 6.07 Å². The predicted molar refractivity (Wildman–Crippen MR) is 134 cm³/mol. The van der Waals surface area contributed by atoms with Crippen molar-refractivity contribution in [2.75, 3.05) is 0 Å². The first kappa shape index (κ1) is 22.1. The number of fused-ring (bicyclic) bond motifs is 3. The number of allylic oxidation sites excluding steroid dienone is 1. The Kier molecular flexibility index (Phi) is 5.15. The average molecular weight is 500 g/mol. The molecule has 1 aliphatic carbocycles. The number of benzene rings is 3. The number of nitro benzene ring substituents is 1. The molecule has 0 bridgehead atoms. The second-order valence-corrected chi connectivity index (χ2v) is 9.67. The minimum Gasteiger partial charge on any atom is -0.507 e. The molecular formula is C27H18FN3O4S. The molecule has 2 heterocycles. The Morgan fingerprint density at radius 3 is 2.67 bits per heavy atom. The second kappa shape index (κ2) is 8.39. The summed E-state index contributed by atoms with van der Waals surface area (Å²) in [7, 11) is 0. The molecule has 1 N–H and O–H groups in total. The van der Waals surface area contributed by atoms with Crippen molar-refractivity contribution in [3.8, 4) is 5.75 Å². The average Bonchev–Trinajstić information content (AvgIpc) is 3.19. The lowest BCUT2D eigenvalue weighted by molar-refractivity contribution is -0.384. The van der Waals surface area contributed by atoms with Crippen LogP contribution in [0.5, 0.6) is 5.75 Å². The van der Waals surface area contributed by atoms with E-state index in [1.807, 2.05) is 18.2 Å². The number of halogens is 1. The molecule has 0 fully saturated rings. The zero-order valence-corrected chi connectivity index (χ0v) is 19.5. The molecule has 7 nitrogen and oxygen atoms in total. The van der Waals surface area contributed by atoms with Gasteiger partial charge in [-0.15, -0.1) is 0 Å². The van der Waals surface area contributed by atoms with Gasteiger partial charge < -0.3 is 5.11 Å². The van der Waals surface area contributed by atoms with Crippen LogP contribution in [0.1, 0.15) is 34.7 Å². The third-order valence-corrected chi connectivity index (χ3v) is 7.55. The van der Waals surface area contributed by atoms with Gasteiger partial charge in [0.1, 0.15) is 11.6 Å². The molecule has 36 heavy (non-hydrogen) atoms. The summed E-state index contributed by atoms with van der Waals surface area (Å²) < 4.78 is 15.6. The van der Waals surface area contributed by atoms with E-state index in [0.717, 1.165) is 40.2 Å². The highest BCUT2D eigenvalue weighted by molar-refractivity contribution is 7.07. The number of aromatic hydroxyl groups is 1. The number of phenolic OH excluding ortho intramolecular Hbond substituents is 1. The molecule has 178 valence electrons. The molecule has 0 saturated carbocycles. The molecule has 0 unspecified atom stereocenters. The van der Waals surface area contributed by atoms with Gasteiger partial charge in [0.05, 0.1) is 21.2 Å². The minimum absolute atomic E-state index is 0.168. The highest BCUT2D eigenvalue weighted by Gasteiger charge is 2.32. The summed E-state index contributed by atoms with van der Waals surface area (Å²) in [4.78, 5) is 29.7. The zero-order chi connectivity index (χ0) is 25.0. The summed E-state index contributed by atoms with van der Waals surface area (Å²) in [5, 5.41) is 21.5. The van der Waals surface area contributed by atoms with E-state index in [9.17, 15) is 24.4 Å². The first-order valence-corrected chi connectivity index (χ1v) is 12.1. The van der Waals surface area contributed by atoms with Gasteiger partial charge in [-0.05, 0) is 53.8 Å². The molecule has 3 aromatic carbocycles. The summed E-state index contributed by atoms with van der Waals surface area (Å²) in [5.41, 5.74) is 4.41. The molecule has 1 aliphatic heterocycles. The molecule has 1 aromatic heterocycles. The molecule has 0 saturated heterocycles. The van der Waals surface area contributed by atoms with E-state index >= 15 is 0 Å². The zero-order valence-electron chi connectivity index (χ0n) is 18.7. The predicted octanol–water partition coefficient (Wildman–Crippen LogP) is 4.07. The molecule has 1 atom stereocenters. The molecule has 4 aromatic rings. The first-order chi connectivity index (χ1) is 17.4. The number of aryl methyl sites for hydroxylation is 1. The van der Waals surface area contributed by atoms with Gasteiger partial charge in [0.25, 0.3) is 11.2 Å². The Morgan fingerprint density at radius 1 is 1.11 bits per heavy atom. The summed E-state index contributed by atoms with van der Waals surface area (Å²) >= 11 is 1.15. The van der Waals surface area contributed by atoms with Crippen LogP contribution in [-0.4, -0.2) is 14.6 Å². The van der Waals surface area contributed by atoms with Crippen molar-refractivity contribution in [2.24, 2.45) is 4.99 Å². The normalized spacial score (nSPS) is 16.7. The number of thiazole rings is 1. The number of hydrogen-bond acceptors (Lipinski definition) is 6. The fraction of sp³-hybridized carbons (Fsp3) is 0.111. The quantitative estimate of drug-likeness (QED) is 0.339. The van der Waals surface area contributed by atoms with Crippen LogP contribution in [-0.2, 0) is 6.42 Å². The lowest BCUT2D eigenvalue weighted by atomic mass is 9.83. The fourth-order valence-electron chi connectivity index (χ4n) is 4.88. The number of rotatable bonds is 3. The fourth-order valence-corrected chi connectivity index (χ4v) is 5.87. The van der Waals surface area contributed by atoms with Crippen LogP contribution >= 0.6 is 11.3 Å². The Balaban J connectivity index is 1.61. The summed E-state index contributed by atoms with van der Waals surface area (Å²) in [6.45, 7) is 0. The van der Waals surface area contributed by atoms with E-state index in [1.165, 1.54) is 42.0 Å². The van der Waals surface area contributed by atoms with Crippen molar-refractivity contribution >= 4 is 28.8 Å². The van der Waals surface area contributed by atoms with Crippen LogP contribution in [0.15, 0.2) is 82.1 Å². The Morgan fingerprint density at radius 2 is 1.89 bits per heavy atom. The van der Waals surface area contributed by atoms with Gasteiger partial charge >= 0.3 is 0 Å². The van der Waals surface area contributed by atoms with Gasteiger partial charge in [-0.1, -0.05) is 47.7 Å². The van der Waals surface area contributed by atoms with Gasteiger partial charge in [-0.3, -0.25) is 19.5 Å². The van der Waals surface area contributed by atoms with Gasteiger partial charge in [0.2, 0.25) is 0 Å². The maximum absolute atomic E-state index is 13.8. The highest BCUT2D eigenvalue weighted by atomic mass is 32.1. The monoisotopic (exact) mass is 499 g/mol.